The number of carboxylic acid groups (broad SMARTS) is 1. The first kappa shape index (κ1) is 26.2. The lowest BCUT2D eigenvalue weighted by atomic mass is 9.98. The normalized spacial score (nSPS) is 22.8. The van der Waals surface area contributed by atoms with Crippen LogP contribution in [0.5, 0.6) is 5.75 Å². The van der Waals surface area contributed by atoms with E-state index in [0.29, 0.717) is 31.8 Å². The Bertz CT molecular complexity index is 741. The van der Waals surface area contributed by atoms with E-state index in [1.54, 1.807) is 6.08 Å². The van der Waals surface area contributed by atoms with Crippen LogP contribution in [-0.2, 0) is 9.53 Å². The van der Waals surface area contributed by atoms with Crippen molar-refractivity contribution in [3.8, 4) is 5.75 Å². The van der Waals surface area contributed by atoms with Crippen LogP contribution in [0.3, 0.4) is 0 Å². The molecule has 180 valence electrons. The second kappa shape index (κ2) is 13.5. The van der Waals surface area contributed by atoms with Crippen LogP contribution in [0.25, 0.3) is 0 Å². The number of carboxylic acids is 1. The minimum atomic E-state index is -1.03. The summed E-state index contributed by atoms with van der Waals surface area (Å²) in [5.41, 5.74) is 0. The third-order valence-electron chi connectivity index (χ3n) is 5.68. The van der Waals surface area contributed by atoms with Crippen molar-refractivity contribution in [1.29, 1.82) is 0 Å². The Kier molecular flexibility index (Phi) is 11.1. The van der Waals surface area contributed by atoms with E-state index in [-0.39, 0.29) is 30.8 Å². The van der Waals surface area contributed by atoms with Crippen molar-refractivity contribution in [2.24, 2.45) is 11.8 Å². The van der Waals surface area contributed by atoms with Crippen LogP contribution in [0.2, 0.25) is 0 Å². The van der Waals surface area contributed by atoms with Gasteiger partial charge in [0.2, 0.25) is 0 Å². The lowest BCUT2D eigenvalue weighted by Crippen LogP contribution is -2.17. The molecular formula is C24H34F2O6. The van der Waals surface area contributed by atoms with Crippen molar-refractivity contribution >= 4 is 5.97 Å². The fourth-order valence-electron chi connectivity index (χ4n) is 3.97. The van der Waals surface area contributed by atoms with Gasteiger partial charge in [-0.15, -0.1) is 0 Å². The molecule has 0 radical (unpaired) electrons. The Morgan fingerprint density at radius 2 is 2.03 bits per heavy atom. The molecule has 1 aromatic carbocycles. The number of ether oxygens (including phenoxy) is 2. The Labute approximate surface area is 187 Å². The molecule has 8 heteroatoms. The molecule has 0 saturated heterocycles. The Balaban J connectivity index is 1.75. The summed E-state index contributed by atoms with van der Waals surface area (Å²) in [6, 6.07) is 2.86. The molecule has 1 aliphatic carbocycles. The molecule has 3 N–H and O–H groups in total. The zero-order valence-corrected chi connectivity index (χ0v) is 18.5. The maximum Gasteiger partial charge on any atom is 0.303 e. The van der Waals surface area contributed by atoms with Gasteiger partial charge in [0.15, 0.2) is 11.6 Å². The van der Waals surface area contributed by atoms with Crippen LogP contribution in [-0.4, -0.2) is 52.8 Å². The number of hydrogen-bond donors (Lipinski definition) is 3. The van der Waals surface area contributed by atoms with Gasteiger partial charge in [0, 0.05) is 31.4 Å². The number of aliphatic hydroxyl groups is 2. The third-order valence-corrected chi connectivity index (χ3v) is 5.68. The van der Waals surface area contributed by atoms with Gasteiger partial charge in [-0.25, -0.2) is 8.78 Å². The number of aliphatic carboxylic acids is 1. The molecule has 0 unspecified atom stereocenters. The highest BCUT2D eigenvalue weighted by molar-refractivity contribution is 5.66. The van der Waals surface area contributed by atoms with E-state index < -0.39 is 29.8 Å². The van der Waals surface area contributed by atoms with Crippen molar-refractivity contribution in [2.75, 3.05) is 13.2 Å². The zero-order chi connectivity index (χ0) is 23.5. The van der Waals surface area contributed by atoms with Crippen molar-refractivity contribution in [1.82, 2.24) is 0 Å². The smallest absolute Gasteiger partial charge is 0.303 e. The standard InChI is InChI=1S/C24H34F2O6/c1-2-4-16(5-3-6-24(29)30)14-31-20-11-17(22(28)13-20)7-9-19(27)15-32-23-12-18(25)8-10-21(23)26/h7-10,12,16-17,19-20,22,27-28H,2-6,11,13-15H2,1H3,(H,29,30)/b9-7+/t16-,17-,19-,20-,22-/m1/s1. The number of benzene rings is 1. The van der Waals surface area contributed by atoms with Gasteiger partial charge in [-0.05, 0) is 43.7 Å². The van der Waals surface area contributed by atoms with Crippen LogP contribution < -0.4 is 4.74 Å². The number of aliphatic hydroxyl groups excluding tert-OH is 2. The van der Waals surface area contributed by atoms with Gasteiger partial charge in [-0.3, -0.25) is 4.79 Å². The summed E-state index contributed by atoms with van der Waals surface area (Å²) in [7, 11) is 0. The average Bonchev–Trinajstić information content (AvgIpc) is 3.10. The molecule has 5 atom stereocenters. The lowest BCUT2D eigenvalue weighted by Gasteiger charge is -2.19. The molecular weight excluding hydrogens is 422 g/mol. The van der Waals surface area contributed by atoms with Gasteiger partial charge in [0.05, 0.1) is 12.2 Å². The molecule has 1 saturated carbocycles. The highest BCUT2D eigenvalue weighted by Crippen LogP contribution is 2.30. The van der Waals surface area contributed by atoms with E-state index in [2.05, 4.69) is 6.92 Å². The molecule has 0 spiro atoms. The van der Waals surface area contributed by atoms with E-state index >= 15 is 0 Å². The lowest BCUT2D eigenvalue weighted by molar-refractivity contribution is -0.137. The van der Waals surface area contributed by atoms with Crippen LogP contribution in [0, 0.1) is 23.5 Å². The molecule has 2 rings (SSSR count). The summed E-state index contributed by atoms with van der Waals surface area (Å²) in [5, 5.41) is 29.2. The summed E-state index contributed by atoms with van der Waals surface area (Å²) in [4.78, 5) is 10.7. The average molecular weight is 457 g/mol. The van der Waals surface area contributed by atoms with Gasteiger partial charge < -0.3 is 24.8 Å². The molecule has 0 aliphatic heterocycles. The molecule has 6 nitrogen and oxygen atoms in total. The van der Waals surface area contributed by atoms with Crippen molar-refractivity contribution < 1.29 is 38.4 Å². The predicted molar refractivity (Wildman–Crippen MR) is 115 cm³/mol. The Hall–Kier alpha value is -2.03. The summed E-state index contributed by atoms with van der Waals surface area (Å²) >= 11 is 0. The van der Waals surface area contributed by atoms with Crippen LogP contribution in [0.1, 0.15) is 51.9 Å². The molecule has 0 aromatic heterocycles. The van der Waals surface area contributed by atoms with Gasteiger partial charge in [0.1, 0.15) is 18.5 Å². The van der Waals surface area contributed by atoms with Gasteiger partial charge >= 0.3 is 5.97 Å². The SMILES string of the molecule is CCC[C@H](CCCC(=O)O)CO[C@H]1C[C@@H](O)[C@H](/C=C/[C@@H](O)COc2cc(F)ccc2F)C1. The van der Waals surface area contributed by atoms with Crippen molar-refractivity contribution in [3.05, 3.63) is 42.0 Å². The summed E-state index contributed by atoms with van der Waals surface area (Å²) < 4.78 is 37.9. The van der Waals surface area contributed by atoms with Crippen LogP contribution in [0.4, 0.5) is 8.78 Å². The fraction of sp³-hybridized carbons (Fsp3) is 0.625. The first-order chi connectivity index (χ1) is 15.3. The topological polar surface area (TPSA) is 96.2 Å². The second-order valence-electron chi connectivity index (χ2n) is 8.44. The van der Waals surface area contributed by atoms with Gasteiger partial charge in [-0.1, -0.05) is 25.5 Å². The minimum absolute atomic E-state index is 0.103. The van der Waals surface area contributed by atoms with E-state index in [1.165, 1.54) is 6.08 Å². The van der Waals surface area contributed by atoms with E-state index in [4.69, 9.17) is 14.6 Å². The van der Waals surface area contributed by atoms with Crippen LogP contribution in [0.15, 0.2) is 30.4 Å². The minimum Gasteiger partial charge on any atom is -0.487 e. The van der Waals surface area contributed by atoms with E-state index in [1.807, 2.05) is 0 Å². The molecule has 1 fully saturated rings. The Morgan fingerprint density at radius 3 is 2.75 bits per heavy atom. The number of hydrogen-bond acceptors (Lipinski definition) is 5. The quantitative estimate of drug-likeness (QED) is 0.365. The molecule has 0 amide bonds. The van der Waals surface area contributed by atoms with E-state index in [0.717, 1.165) is 37.5 Å². The summed E-state index contributed by atoms with van der Waals surface area (Å²) in [6.07, 6.45) is 6.12. The molecule has 32 heavy (non-hydrogen) atoms. The molecule has 1 aliphatic rings. The third kappa shape index (κ3) is 9.22. The maximum atomic E-state index is 13.6. The zero-order valence-electron chi connectivity index (χ0n) is 18.5. The van der Waals surface area contributed by atoms with Gasteiger partial charge in [0.25, 0.3) is 0 Å². The summed E-state index contributed by atoms with van der Waals surface area (Å²) in [6.45, 7) is 2.38. The first-order valence-electron chi connectivity index (χ1n) is 11.2. The number of rotatable bonds is 14. The maximum absolute atomic E-state index is 13.6. The van der Waals surface area contributed by atoms with E-state index in [9.17, 15) is 23.8 Å². The summed E-state index contributed by atoms with van der Waals surface area (Å²) in [5.74, 6) is -2.28. The first-order valence-corrected chi connectivity index (χ1v) is 11.2. The van der Waals surface area contributed by atoms with Crippen LogP contribution >= 0.6 is 0 Å². The predicted octanol–water partition coefficient (Wildman–Crippen LogP) is 4.09. The monoisotopic (exact) mass is 456 g/mol. The largest absolute Gasteiger partial charge is 0.487 e. The van der Waals surface area contributed by atoms with Crippen molar-refractivity contribution in [3.63, 3.8) is 0 Å². The number of halogens is 2. The van der Waals surface area contributed by atoms with Crippen molar-refractivity contribution in [2.45, 2.75) is 70.2 Å². The van der Waals surface area contributed by atoms with Gasteiger partial charge in [-0.2, -0.15) is 0 Å². The highest BCUT2D eigenvalue weighted by atomic mass is 19.1. The Morgan fingerprint density at radius 1 is 1.25 bits per heavy atom. The number of carbonyl (C=O) groups is 1. The molecule has 1 aromatic rings. The molecule has 0 heterocycles. The second-order valence-corrected chi connectivity index (χ2v) is 8.44. The fourth-order valence-corrected chi connectivity index (χ4v) is 3.97. The molecule has 0 bridgehead atoms. The highest BCUT2D eigenvalue weighted by Gasteiger charge is 2.32.